The maximum Gasteiger partial charge on any atom is 0.508 e. The summed E-state index contributed by atoms with van der Waals surface area (Å²) in [5.74, 6) is 0.406. The molecule has 1 atom stereocenters. The van der Waals surface area contributed by atoms with Crippen LogP contribution in [0.15, 0.2) is 34.7 Å². The summed E-state index contributed by atoms with van der Waals surface area (Å²) >= 11 is -2.51. The Bertz CT molecular complexity index is 1480. The molecule has 1 aromatic carbocycles. The van der Waals surface area contributed by atoms with Gasteiger partial charge in [-0.1, -0.05) is 29.8 Å². The van der Waals surface area contributed by atoms with Crippen molar-refractivity contribution in [2.24, 2.45) is 0 Å². The SMILES string of the molecule is CCOC(=O)OC1(CCCN(Cc2nc3oc(-c4ccc(C)cc4)c(C(=O)NC)c3cc2C2CC2)S(=O)[O-])CCNCC1. The van der Waals surface area contributed by atoms with Crippen molar-refractivity contribution in [3.05, 3.63) is 52.7 Å². The Morgan fingerprint density at radius 3 is 2.58 bits per heavy atom. The van der Waals surface area contributed by atoms with E-state index in [1.807, 2.05) is 37.3 Å². The predicted molar refractivity (Wildman–Crippen MR) is 161 cm³/mol. The minimum Gasteiger partial charge on any atom is -0.760 e. The summed E-state index contributed by atoms with van der Waals surface area (Å²) in [7, 11) is 1.58. The van der Waals surface area contributed by atoms with Gasteiger partial charge in [0.05, 0.1) is 29.8 Å². The number of furan rings is 1. The molecular formula is C31H39N4O7S-. The van der Waals surface area contributed by atoms with Crippen LogP contribution < -0.4 is 10.6 Å². The highest BCUT2D eigenvalue weighted by molar-refractivity contribution is 7.76. The normalized spacial score (nSPS) is 17.1. The van der Waals surface area contributed by atoms with Gasteiger partial charge < -0.3 is 29.1 Å². The number of nitrogens with one attached hydrogen (secondary N) is 2. The Balaban J connectivity index is 1.41. The van der Waals surface area contributed by atoms with Gasteiger partial charge >= 0.3 is 6.16 Å². The van der Waals surface area contributed by atoms with Crippen molar-refractivity contribution in [3.63, 3.8) is 0 Å². The third kappa shape index (κ3) is 7.26. The van der Waals surface area contributed by atoms with Crippen LogP contribution in [0, 0.1) is 6.92 Å². The number of carbonyl (C=O) groups is 2. The maximum absolute atomic E-state index is 13.0. The van der Waals surface area contributed by atoms with E-state index in [1.165, 1.54) is 4.31 Å². The molecule has 1 aliphatic heterocycles. The summed E-state index contributed by atoms with van der Waals surface area (Å²) in [5, 5.41) is 6.61. The standard InChI is InChI=1S/C31H40N4O7S/c1-4-40-30(37)42-31(13-15-33-16-14-31)12-5-17-35(43(38)39)19-25-23(21-10-11-21)18-24-26(28(36)32-3)27(41-29(24)34-25)22-8-6-20(2)7-9-22/h6-9,18,21,33H,4-5,10-17,19H2,1-3H3,(H,32,36)(H,38,39)/p-1. The van der Waals surface area contributed by atoms with Gasteiger partial charge in [0.1, 0.15) is 11.4 Å². The third-order valence-electron chi connectivity index (χ3n) is 8.23. The number of benzene rings is 1. The van der Waals surface area contributed by atoms with Crippen molar-refractivity contribution in [2.45, 2.75) is 70.4 Å². The number of ether oxygens (including phenoxy) is 2. The van der Waals surface area contributed by atoms with Crippen molar-refractivity contribution in [1.29, 1.82) is 0 Å². The summed E-state index contributed by atoms with van der Waals surface area (Å²) < 4.78 is 43.1. The average molecular weight is 612 g/mol. The molecule has 1 saturated heterocycles. The van der Waals surface area contributed by atoms with Crippen LogP contribution in [0.4, 0.5) is 4.79 Å². The molecule has 43 heavy (non-hydrogen) atoms. The highest BCUT2D eigenvalue weighted by atomic mass is 32.2. The molecule has 2 aliphatic rings. The van der Waals surface area contributed by atoms with Crippen molar-refractivity contribution >= 4 is 34.4 Å². The Morgan fingerprint density at radius 1 is 1.23 bits per heavy atom. The largest absolute Gasteiger partial charge is 0.760 e. The molecular weight excluding hydrogens is 572 g/mol. The van der Waals surface area contributed by atoms with Gasteiger partial charge in [0.25, 0.3) is 5.91 Å². The number of fused-ring (bicyclic) bond motifs is 1. The first kappa shape index (κ1) is 31.1. The fraction of sp³-hybridized carbons (Fsp3) is 0.516. The van der Waals surface area contributed by atoms with Crippen LogP contribution in [0.3, 0.4) is 0 Å². The van der Waals surface area contributed by atoms with Gasteiger partial charge in [0.2, 0.25) is 5.71 Å². The van der Waals surface area contributed by atoms with E-state index >= 15 is 0 Å². The van der Waals surface area contributed by atoms with Gasteiger partial charge in [-0.3, -0.25) is 9.00 Å². The van der Waals surface area contributed by atoms with E-state index in [0.717, 1.165) is 29.5 Å². The van der Waals surface area contributed by atoms with Crippen LogP contribution in [0.1, 0.15) is 78.5 Å². The Morgan fingerprint density at radius 2 is 1.95 bits per heavy atom. The van der Waals surface area contributed by atoms with E-state index < -0.39 is 23.0 Å². The van der Waals surface area contributed by atoms with Crippen molar-refractivity contribution in [1.82, 2.24) is 19.9 Å². The van der Waals surface area contributed by atoms with Crippen LogP contribution >= 0.6 is 0 Å². The monoisotopic (exact) mass is 611 g/mol. The average Bonchev–Trinajstić information content (AvgIpc) is 3.77. The summed E-state index contributed by atoms with van der Waals surface area (Å²) in [6.45, 7) is 5.66. The molecule has 1 saturated carbocycles. The molecule has 1 unspecified atom stereocenters. The van der Waals surface area contributed by atoms with E-state index in [9.17, 15) is 18.4 Å². The molecule has 1 amide bonds. The molecule has 3 aromatic rings. The van der Waals surface area contributed by atoms with E-state index in [0.29, 0.717) is 66.9 Å². The summed E-state index contributed by atoms with van der Waals surface area (Å²) in [5.41, 5.74) is 3.41. The number of hydrogen-bond donors (Lipinski definition) is 2. The zero-order valence-electron chi connectivity index (χ0n) is 24.9. The lowest BCUT2D eigenvalue weighted by atomic mass is 9.87. The maximum atomic E-state index is 13.0. The van der Waals surface area contributed by atoms with Crippen molar-refractivity contribution in [3.8, 4) is 11.3 Å². The van der Waals surface area contributed by atoms with Gasteiger partial charge in [0, 0.05) is 30.4 Å². The molecule has 5 rings (SSSR count). The molecule has 3 heterocycles. The predicted octanol–water partition coefficient (Wildman–Crippen LogP) is 4.71. The highest BCUT2D eigenvalue weighted by Crippen LogP contribution is 2.44. The number of nitrogens with zero attached hydrogens (tertiary/aromatic N) is 2. The molecule has 11 nitrogen and oxygen atoms in total. The number of pyridine rings is 1. The Hall–Kier alpha value is -3.32. The van der Waals surface area contributed by atoms with Crippen molar-refractivity contribution < 1.29 is 32.2 Å². The van der Waals surface area contributed by atoms with Gasteiger partial charge in [-0.2, -0.15) is 0 Å². The van der Waals surface area contributed by atoms with Crippen LogP contribution in [-0.4, -0.2) is 69.0 Å². The number of rotatable bonds is 12. The molecule has 2 aromatic heterocycles. The van der Waals surface area contributed by atoms with Gasteiger partial charge in [-0.25, -0.2) is 14.1 Å². The van der Waals surface area contributed by atoms with Crippen LogP contribution in [0.25, 0.3) is 22.4 Å². The van der Waals surface area contributed by atoms with Crippen LogP contribution in [0.5, 0.6) is 0 Å². The van der Waals surface area contributed by atoms with Gasteiger partial charge in [-0.15, -0.1) is 0 Å². The molecule has 2 N–H and O–H groups in total. The second-order valence-electron chi connectivity index (χ2n) is 11.3. The number of amides is 1. The third-order valence-corrected chi connectivity index (χ3v) is 8.97. The lowest BCUT2D eigenvalue weighted by molar-refractivity contribution is -0.0559. The van der Waals surface area contributed by atoms with Crippen molar-refractivity contribution in [2.75, 3.05) is 33.3 Å². The fourth-order valence-corrected chi connectivity index (χ4v) is 6.27. The fourth-order valence-electron chi connectivity index (χ4n) is 5.77. The number of hydrogen-bond acceptors (Lipinski definition) is 9. The second-order valence-corrected chi connectivity index (χ2v) is 12.3. The van der Waals surface area contributed by atoms with E-state index in [4.69, 9.17) is 18.9 Å². The summed E-state index contributed by atoms with van der Waals surface area (Å²) in [6, 6.07) is 9.68. The second kappa shape index (κ2) is 13.5. The topological polar surface area (TPSA) is 146 Å². The van der Waals surface area contributed by atoms with Gasteiger partial charge in [-0.05, 0) is 83.0 Å². The summed E-state index contributed by atoms with van der Waals surface area (Å²) in [4.78, 5) is 30.0. The molecule has 232 valence electrons. The highest BCUT2D eigenvalue weighted by Gasteiger charge is 2.37. The molecule has 0 spiro atoms. The number of carbonyl (C=O) groups excluding carboxylic acids is 2. The Labute approximate surface area is 254 Å². The van der Waals surface area contributed by atoms with Crippen LogP contribution in [-0.2, 0) is 27.3 Å². The van der Waals surface area contributed by atoms with E-state index in [-0.39, 0.29) is 31.5 Å². The molecule has 12 heteroatoms. The van der Waals surface area contributed by atoms with E-state index in [1.54, 1.807) is 14.0 Å². The van der Waals surface area contributed by atoms with Gasteiger partial charge in [0.15, 0.2) is 0 Å². The molecule has 2 fully saturated rings. The molecule has 0 radical (unpaired) electrons. The number of aromatic nitrogens is 1. The first-order valence-corrected chi connectivity index (χ1v) is 15.9. The minimum atomic E-state index is -2.51. The minimum absolute atomic E-state index is 0.0705. The number of piperidine rings is 1. The zero-order chi connectivity index (χ0) is 30.6. The smallest absolute Gasteiger partial charge is 0.508 e. The zero-order valence-corrected chi connectivity index (χ0v) is 25.7. The summed E-state index contributed by atoms with van der Waals surface area (Å²) in [6.07, 6.45) is 3.52. The first-order chi connectivity index (χ1) is 20.7. The lowest BCUT2D eigenvalue weighted by Gasteiger charge is -2.37. The molecule has 1 aliphatic carbocycles. The quantitative estimate of drug-likeness (QED) is 0.220. The Kier molecular flexibility index (Phi) is 9.80. The number of aryl methyl sites for hydroxylation is 1. The first-order valence-electron chi connectivity index (χ1n) is 14.9. The molecule has 0 bridgehead atoms. The van der Waals surface area contributed by atoms with E-state index in [2.05, 4.69) is 10.6 Å². The van der Waals surface area contributed by atoms with Crippen LogP contribution in [0.2, 0.25) is 0 Å². The lowest BCUT2D eigenvalue weighted by Crippen LogP contribution is -2.46.